The van der Waals surface area contributed by atoms with Crippen molar-refractivity contribution in [1.82, 2.24) is 10.1 Å². The Morgan fingerprint density at radius 2 is 2.24 bits per heavy atom. The first-order valence-electron chi connectivity index (χ1n) is 4.97. The number of hydrogen-bond donors (Lipinski definition) is 1. The third kappa shape index (κ3) is 2.48. The SMILES string of the molecule is COc1ccc(-c2nc(C(C)O)no2)cc1Br. The molecule has 0 radical (unpaired) electrons. The maximum atomic E-state index is 9.31. The highest BCUT2D eigenvalue weighted by Crippen LogP contribution is 2.30. The Hall–Kier alpha value is -1.40. The summed E-state index contributed by atoms with van der Waals surface area (Å²) in [6.07, 6.45) is -0.741. The van der Waals surface area contributed by atoms with Crippen LogP contribution >= 0.6 is 15.9 Å². The minimum absolute atomic E-state index is 0.270. The van der Waals surface area contributed by atoms with Crippen molar-refractivity contribution in [3.63, 3.8) is 0 Å². The molecule has 0 bridgehead atoms. The second-order valence-corrected chi connectivity index (χ2v) is 4.34. The van der Waals surface area contributed by atoms with Crippen molar-refractivity contribution in [2.45, 2.75) is 13.0 Å². The molecule has 2 aromatic rings. The molecule has 0 fully saturated rings. The van der Waals surface area contributed by atoms with Crippen LogP contribution in [0.1, 0.15) is 18.9 Å². The molecule has 6 heteroatoms. The molecule has 0 amide bonds. The monoisotopic (exact) mass is 298 g/mol. The van der Waals surface area contributed by atoms with Crippen LogP contribution in [-0.2, 0) is 0 Å². The quantitative estimate of drug-likeness (QED) is 0.943. The largest absolute Gasteiger partial charge is 0.496 e. The molecule has 1 heterocycles. The van der Waals surface area contributed by atoms with Crippen LogP contribution in [0, 0.1) is 0 Å². The van der Waals surface area contributed by atoms with E-state index < -0.39 is 6.10 Å². The van der Waals surface area contributed by atoms with Gasteiger partial charge in [0, 0.05) is 5.56 Å². The lowest BCUT2D eigenvalue weighted by molar-refractivity contribution is 0.184. The summed E-state index contributed by atoms with van der Waals surface area (Å²) in [7, 11) is 1.60. The number of benzene rings is 1. The Bertz CT molecular complexity index is 525. The molecule has 5 nitrogen and oxygen atoms in total. The van der Waals surface area contributed by atoms with Gasteiger partial charge in [-0.3, -0.25) is 0 Å². The van der Waals surface area contributed by atoms with Gasteiger partial charge in [-0.05, 0) is 41.1 Å². The van der Waals surface area contributed by atoms with Crippen molar-refractivity contribution in [3.8, 4) is 17.2 Å². The van der Waals surface area contributed by atoms with Gasteiger partial charge >= 0.3 is 0 Å². The Morgan fingerprint density at radius 3 is 2.76 bits per heavy atom. The lowest BCUT2D eigenvalue weighted by Crippen LogP contribution is -1.93. The van der Waals surface area contributed by atoms with Crippen molar-refractivity contribution < 1.29 is 14.4 Å². The van der Waals surface area contributed by atoms with Gasteiger partial charge in [-0.15, -0.1) is 0 Å². The Balaban J connectivity index is 2.36. The van der Waals surface area contributed by atoms with E-state index >= 15 is 0 Å². The van der Waals surface area contributed by atoms with Crippen LogP contribution in [0.2, 0.25) is 0 Å². The third-order valence-electron chi connectivity index (χ3n) is 2.21. The van der Waals surface area contributed by atoms with E-state index in [4.69, 9.17) is 9.26 Å². The lowest BCUT2D eigenvalue weighted by atomic mass is 10.2. The molecule has 0 saturated carbocycles. The number of aromatic nitrogens is 2. The Morgan fingerprint density at radius 1 is 1.47 bits per heavy atom. The van der Waals surface area contributed by atoms with Gasteiger partial charge in [0.15, 0.2) is 5.82 Å². The minimum atomic E-state index is -0.741. The summed E-state index contributed by atoms with van der Waals surface area (Å²) in [4.78, 5) is 4.09. The lowest BCUT2D eigenvalue weighted by Gasteiger charge is -2.03. The number of hydrogen-bond acceptors (Lipinski definition) is 5. The second-order valence-electron chi connectivity index (χ2n) is 3.48. The van der Waals surface area contributed by atoms with Gasteiger partial charge in [-0.2, -0.15) is 4.98 Å². The average Bonchev–Trinajstić information content (AvgIpc) is 2.78. The summed E-state index contributed by atoms with van der Waals surface area (Å²) < 4.78 is 11.0. The van der Waals surface area contributed by atoms with Gasteiger partial charge in [-0.25, -0.2) is 0 Å². The summed E-state index contributed by atoms with van der Waals surface area (Å²) in [5.41, 5.74) is 0.761. The molecule has 90 valence electrons. The van der Waals surface area contributed by atoms with E-state index in [1.54, 1.807) is 20.1 Å². The van der Waals surface area contributed by atoms with Gasteiger partial charge in [0.05, 0.1) is 11.6 Å². The van der Waals surface area contributed by atoms with E-state index in [1.165, 1.54) is 0 Å². The van der Waals surface area contributed by atoms with E-state index in [0.29, 0.717) is 5.89 Å². The van der Waals surface area contributed by atoms with Gasteiger partial charge in [0.2, 0.25) is 0 Å². The zero-order valence-corrected chi connectivity index (χ0v) is 10.9. The first kappa shape index (κ1) is 12.1. The molecular formula is C11H11BrN2O3. The molecule has 0 aliphatic rings. The number of rotatable bonds is 3. The van der Waals surface area contributed by atoms with Crippen LogP contribution < -0.4 is 4.74 Å². The van der Waals surface area contributed by atoms with Gasteiger partial charge < -0.3 is 14.4 Å². The fourth-order valence-electron chi connectivity index (χ4n) is 1.32. The number of halogens is 1. The van der Waals surface area contributed by atoms with Crippen molar-refractivity contribution in [2.75, 3.05) is 7.11 Å². The molecule has 0 aliphatic carbocycles. The molecule has 2 rings (SSSR count). The zero-order chi connectivity index (χ0) is 12.4. The number of nitrogens with zero attached hydrogens (tertiary/aromatic N) is 2. The van der Waals surface area contributed by atoms with Crippen molar-refractivity contribution in [1.29, 1.82) is 0 Å². The average molecular weight is 299 g/mol. The standard InChI is InChI=1S/C11H11BrN2O3/c1-6(15)10-13-11(17-14-10)7-3-4-9(16-2)8(12)5-7/h3-6,15H,1-2H3. The number of aliphatic hydroxyl groups is 1. The van der Waals surface area contributed by atoms with E-state index in [0.717, 1.165) is 15.8 Å². The van der Waals surface area contributed by atoms with Gasteiger partial charge in [0.25, 0.3) is 5.89 Å². The third-order valence-corrected chi connectivity index (χ3v) is 2.83. The first-order valence-corrected chi connectivity index (χ1v) is 5.76. The fourth-order valence-corrected chi connectivity index (χ4v) is 1.86. The molecular weight excluding hydrogens is 288 g/mol. The molecule has 1 unspecified atom stereocenters. The van der Waals surface area contributed by atoms with E-state index in [9.17, 15) is 5.11 Å². The molecule has 17 heavy (non-hydrogen) atoms. The topological polar surface area (TPSA) is 68.4 Å². The highest BCUT2D eigenvalue weighted by Gasteiger charge is 2.13. The fraction of sp³-hybridized carbons (Fsp3) is 0.273. The van der Waals surface area contributed by atoms with E-state index in [1.807, 2.05) is 12.1 Å². The van der Waals surface area contributed by atoms with Gasteiger partial charge in [-0.1, -0.05) is 5.16 Å². The number of methoxy groups -OCH3 is 1. The minimum Gasteiger partial charge on any atom is -0.496 e. The number of ether oxygens (including phenoxy) is 1. The van der Waals surface area contributed by atoms with Crippen LogP contribution in [0.15, 0.2) is 27.2 Å². The Kier molecular flexibility index (Phi) is 3.44. The summed E-state index contributed by atoms with van der Waals surface area (Å²) in [5.74, 6) is 1.36. The highest BCUT2D eigenvalue weighted by atomic mass is 79.9. The molecule has 1 N–H and O–H groups in total. The van der Waals surface area contributed by atoms with Gasteiger partial charge in [0.1, 0.15) is 11.9 Å². The molecule has 0 spiro atoms. The van der Waals surface area contributed by atoms with Crippen LogP contribution in [0.3, 0.4) is 0 Å². The maximum Gasteiger partial charge on any atom is 0.258 e. The summed E-state index contributed by atoms with van der Waals surface area (Å²) in [6.45, 7) is 1.58. The summed E-state index contributed by atoms with van der Waals surface area (Å²) in [5, 5.41) is 13.0. The van der Waals surface area contributed by atoms with Crippen LogP contribution in [0.25, 0.3) is 11.5 Å². The van der Waals surface area contributed by atoms with Crippen molar-refractivity contribution in [3.05, 3.63) is 28.5 Å². The first-order chi connectivity index (χ1) is 8.11. The normalized spacial score (nSPS) is 12.5. The molecule has 1 aromatic heterocycles. The van der Waals surface area contributed by atoms with Crippen LogP contribution in [-0.4, -0.2) is 22.4 Å². The summed E-state index contributed by atoms with van der Waals surface area (Å²) >= 11 is 3.38. The molecule has 0 aliphatic heterocycles. The van der Waals surface area contributed by atoms with Crippen molar-refractivity contribution in [2.24, 2.45) is 0 Å². The molecule has 1 aromatic carbocycles. The molecule has 1 atom stereocenters. The van der Waals surface area contributed by atoms with E-state index in [-0.39, 0.29) is 5.82 Å². The smallest absolute Gasteiger partial charge is 0.258 e. The Labute approximate surface area is 107 Å². The maximum absolute atomic E-state index is 9.31. The second kappa shape index (κ2) is 4.85. The van der Waals surface area contributed by atoms with Crippen LogP contribution in [0.5, 0.6) is 5.75 Å². The van der Waals surface area contributed by atoms with Crippen LogP contribution in [0.4, 0.5) is 0 Å². The predicted octanol–water partition coefficient (Wildman–Crippen LogP) is 2.56. The highest BCUT2D eigenvalue weighted by molar-refractivity contribution is 9.10. The zero-order valence-electron chi connectivity index (χ0n) is 9.35. The van der Waals surface area contributed by atoms with Crippen molar-refractivity contribution >= 4 is 15.9 Å². The van der Waals surface area contributed by atoms with E-state index in [2.05, 4.69) is 26.1 Å². The number of aliphatic hydroxyl groups excluding tert-OH is 1. The summed E-state index contributed by atoms with van der Waals surface area (Å²) in [6, 6.07) is 5.42. The molecule has 0 saturated heterocycles. The predicted molar refractivity (Wildman–Crippen MR) is 64.6 cm³/mol.